The second kappa shape index (κ2) is 8.81. The number of nitrogens with two attached hydrogens (primary N) is 1. The van der Waals surface area contributed by atoms with Gasteiger partial charge in [-0.25, -0.2) is 8.78 Å². The third-order valence-electron chi connectivity index (χ3n) is 3.44. The molecule has 3 N–H and O–H groups in total. The van der Waals surface area contributed by atoms with Crippen molar-refractivity contribution in [1.29, 1.82) is 0 Å². The molecule has 2 nitrogen and oxygen atoms in total. The van der Waals surface area contributed by atoms with E-state index in [2.05, 4.69) is 6.92 Å². The van der Waals surface area contributed by atoms with E-state index in [4.69, 9.17) is 5.73 Å². The highest BCUT2D eigenvalue weighted by atomic mass is 19.3. The average molecular weight is 265 g/mol. The molecule has 4 heteroatoms. The van der Waals surface area contributed by atoms with Crippen molar-refractivity contribution in [2.45, 2.75) is 83.8 Å². The Labute approximate surface area is 110 Å². The molecule has 0 aliphatic rings. The van der Waals surface area contributed by atoms with Gasteiger partial charge in [0.15, 0.2) is 0 Å². The van der Waals surface area contributed by atoms with Crippen LogP contribution in [0, 0.1) is 5.92 Å². The summed E-state index contributed by atoms with van der Waals surface area (Å²) >= 11 is 0. The molecule has 2 atom stereocenters. The zero-order valence-electron chi connectivity index (χ0n) is 12.0. The summed E-state index contributed by atoms with van der Waals surface area (Å²) in [6.45, 7) is 5.43. The first-order valence-electron chi connectivity index (χ1n) is 7.15. The first-order chi connectivity index (χ1) is 8.34. The Morgan fingerprint density at radius 3 is 2.06 bits per heavy atom. The van der Waals surface area contributed by atoms with Gasteiger partial charge in [0, 0.05) is 0 Å². The predicted molar refractivity (Wildman–Crippen MR) is 71.8 cm³/mol. The number of rotatable bonds is 10. The van der Waals surface area contributed by atoms with Crippen LogP contribution in [0.2, 0.25) is 0 Å². The smallest absolute Gasteiger partial charge is 0.288 e. The SMILES string of the molecule is CCCCCCCCC(O)C(F)(F)C(N)C(C)C. The molecule has 0 rings (SSSR count). The summed E-state index contributed by atoms with van der Waals surface area (Å²) in [5.41, 5.74) is 5.46. The van der Waals surface area contributed by atoms with E-state index >= 15 is 0 Å². The molecule has 0 aromatic heterocycles. The molecule has 0 aromatic carbocycles. The second-order valence-corrected chi connectivity index (χ2v) is 5.52. The summed E-state index contributed by atoms with van der Waals surface area (Å²) < 4.78 is 27.4. The lowest BCUT2D eigenvalue weighted by Gasteiger charge is -2.30. The summed E-state index contributed by atoms with van der Waals surface area (Å²) in [6, 6.07) is -1.27. The van der Waals surface area contributed by atoms with Gasteiger partial charge in [-0.05, 0) is 12.3 Å². The zero-order chi connectivity index (χ0) is 14.2. The van der Waals surface area contributed by atoms with Gasteiger partial charge in [-0.15, -0.1) is 0 Å². The largest absolute Gasteiger partial charge is 0.387 e. The maximum absolute atomic E-state index is 13.7. The Hall–Kier alpha value is -0.220. The highest BCUT2D eigenvalue weighted by Gasteiger charge is 2.45. The molecule has 0 fully saturated rings. The number of hydrogen-bond acceptors (Lipinski definition) is 2. The summed E-state index contributed by atoms with van der Waals surface area (Å²) in [5, 5.41) is 9.57. The van der Waals surface area contributed by atoms with E-state index in [-0.39, 0.29) is 12.3 Å². The predicted octanol–water partition coefficient (Wildman–Crippen LogP) is 3.72. The van der Waals surface area contributed by atoms with Gasteiger partial charge in [0.05, 0.1) is 6.04 Å². The molecule has 0 heterocycles. The third-order valence-corrected chi connectivity index (χ3v) is 3.44. The number of aliphatic hydroxyl groups is 1. The number of alkyl halides is 2. The maximum Gasteiger partial charge on any atom is 0.288 e. The van der Waals surface area contributed by atoms with Crippen LogP contribution in [0.15, 0.2) is 0 Å². The third kappa shape index (κ3) is 6.10. The molecule has 0 aromatic rings. The van der Waals surface area contributed by atoms with Crippen LogP contribution >= 0.6 is 0 Å². The minimum absolute atomic E-state index is 0.138. The fraction of sp³-hybridized carbons (Fsp3) is 1.00. The Morgan fingerprint density at radius 2 is 1.56 bits per heavy atom. The minimum Gasteiger partial charge on any atom is -0.387 e. The molecule has 18 heavy (non-hydrogen) atoms. The first kappa shape index (κ1) is 17.8. The average Bonchev–Trinajstić information content (AvgIpc) is 2.31. The normalized spacial score (nSPS) is 16.0. The van der Waals surface area contributed by atoms with Crippen LogP contribution in [-0.2, 0) is 0 Å². The molecule has 0 aliphatic carbocycles. The minimum atomic E-state index is -3.18. The highest BCUT2D eigenvalue weighted by Crippen LogP contribution is 2.29. The highest BCUT2D eigenvalue weighted by molar-refractivity contribution is 4.88. The molecule has 0 saturated heterocycles. The zero-order valence-corrected chi connectivity index (χ0v) is 12.0. The van der Waals surface area contributed by atoms with E-state index < -0.39 is 18.1 Å². The summed E-state index contributed by atoms with van der Waals surface area (Å²) in [6.07, 6.45) is 4.65. The molecule has 0 spiro atoms. The Kier molecular flexibility index (Phi) is 8.70. The van der Waals surface area contributed by atoms with Gasteiger partial charge < -0.3 is 10.8 Å². The van der Waals surface area contributed by atoms with Crippen molar-refractivity contribution in [3.8, 4) is 0 Å². The monoisotopic (exact) mass is 265 g/mol. The van der Waals surface area contributed by atoms with Crippen LogP contribution < -0.4 is 5.73 Å². The van der Waals surface area contributed by atoms with Crippen LogP contribution in [0.1, 0.15) is 65.7 Å². The molecule has 0 radical (unpaired) electrons. The van der Waals surface area contributed by atoms with Crippen LogP contribution in [0.3, 0.4) is 0 Å². The lowest BCUT2D eigenvalue weighted by molar-refractivity contribution is -0.135. The topological polar surface area (TPSA) is 46.2 Å². The molecule has 0 bridgehead atoms. The lowest BCUT2D eigenvalue weighted by Crippen LogP contribution is -2.52. The molecular weight excluding hydrogens is 236 g/mol. The fourth-order valence-electron chi connectivity index (χ4n) is 1.98. The quantitative estimate of drug-likeness (QED) is 0.591. The van der Waals surface area contributed by atoms with Crippen LogP contribution in [-0.4, -0.2) is 23.2 Å². The lowest BCUT2D eigenvalue weighted by atomic mass is 9.92. The molecule has 0 aliphatic heterocycles. The first-order valence-corrected chi connectivity index (χ1v) is 7.15. The molecular formula is C14H29F2NO. The number of unbranched alkanes of at least 4 members (excludes halogenated alkanes) is 5. The second-order valence-electron chi connectivity index (χ2n) is 5.52. The van der Waals surface area contributed by atoms with Gasteiger partial charge in [-0.2, -0.15) is 0 Å². The van der Waals surface area contributed by atoms with Crippen molar-refractivity contribution in [3.05, 3.63) is 0 Å². The number of hydrogen-bond donors (Lipinski definition) is 2. The van der Waals surface area contributed by atoms with Gasteiger partial charge in [0.1, 0.15) is 6.10 Å². The van der Waals surface area contributed by atoms with Crippen molar-refractivity contribution in [3.63, 3.8) is 0 Å². The molecule has 110 valence electrons. The van der Waals surface area contributed by atoms with Crippen LogP contribution in [0.25, 0.3) is 0 Å². The molecule has 2 unspecified atom stereocenters. The van der Waals surface area contributed by atoms with Crippen molar-refractivity contribution in [1.82, 2.24) is 0 Å². The molecule has 0 saturated carbocycles. The van der Waals surface area contributed by atoms with Crippen molar-refractivity contribution < 1.29 is 13.9 Å². The number of halogens is 2. The van der Waals surface area contributed by atoms with E-state index in [1.54, 1.807) is 13.8 Å². The van der Waals surface area contributed by atoms with Crippen LogP contribution in [0.4, 0.5) is 8.78 Å². The van der Waals surface area contributed by atoms with Crippen molar-refractivity contribution in [2.24, 2.45) is 11.7 Å². The maximum atomic E-state index is 13.7. The fourth-order valence-corrected chi connectivity index (χ4v) is 1.98. The van der Waals surface area contributed by atoms with Gasteiger partial charge >= 0.3 is 0 Å². The summed E-state index contributed by atoms with van der Waals surface area (Å²) in [7, 11) is 0. The Balaban J connectivity index is 3.89. The van der Waals surface area contributed by atoms with Crippen LogP contribution in [0.5, 0.6) is 0 Å². The van der Waals surface area contributed by atoms with E-state index in [1.807, 2.05) is 0 Å². The number of aliphatic hydroxyl groups excluding tert-OH is 1. The Bertz CT molecular complexity index is 210. The summed E-state index contributed by atoms with van der Waals surface area (Å²) in [4.78, 5) is 0. The summed E-state index contributed by atoms with van der Waals surface area (Å²) in [5.74, 6) is -3.52. The van der Waals surface area contributed by atoms with E-state index in [0.717, 1.165) is 19.3 Å². The van der Waals surface area contributed by atoms with Crippen molar-refractivity contribution >= 4 is 0 Å². The van der Waals surface area contributed by atoms with Gasteiger partial charge in [0.25, 0.3) is 5.92 Å². The van der Waals surface area contributed by atoms with E-state index in [1.165, 1.54) is 12.8 Å². The van der Waals surface area contributed by atoms with Gasteiger partial charge in [-0.1, -0.05) is 59.3 Å². The Morgan fingerprint density at radius 1 is 1.06 bits per heavy atom. The van der Waals surface area contributed by atoms with Gasteiger partial charge in [-0.3, -0.25) is 0 Å². The van der Waals surface area contributed by atoms with Crippen molar-refractivity contribution in [2.75, 3.05) is 0 Å². The standard InChI is InChI=1S/C14H29F2NO/c1-4-5-6-7-8-9-10-12(18)14(15,16)13(17)11(2)3/h11-13,18H,4-10,17H2,1-3H3. The van der Waals surface area contributed by atoms with E-state index in [0.29, 0.717) is 6.42 Å². The van der Waals surface area contributed by atoms with E-state index in [9.17, 15) is 13.9 Å². The molecule has 0 amide bonds. The van der Waals surface area contributed by atoms with Gasteiger partial charge in [0.2, 0.25) is 0 Å².